The first kappa shape index (κ1) is 34.1. The van der Waals surface area contributed by atoms with Crippen molar-refractivity contribution in [2.45, 2.75) is 0 Å². The van der Waals surface area contributed by atoms with Crippen LogP contribution in [-0.2, 0) is 4.57 Å². The van der Waals surface area contributed by atoms with Gasteiger partial charge < -0.3 is 9.79 Å². The lowest BCUT2D eigenvalue weighted by Gasteiger charge is -2.18. The molecule has 6 aromatic carbocycles. The summed E-state index contributed by atoms with van der Waals surface area (Å²) in [5.74, 6) is 0. The van der Waals surface area contributed by atoms with E-state index in [2.05, 4.69) is 182 Å². The number of rotatable bonds is 6. The van der Waals surface area contributed by atoms with Gasteiger partial charge in [-0.05, 0) is 47.7 Å². The van der Waals surface area contributed by atoms with Crippen LogP contribution in [-0.4, -0.2) is 9.79 Å². The van der Waals surface area contributed by atoms with Gasteiger partial charge in [0.05, 0.1) is 0 Å². The van der Waals surface area contributed by atoms with E-state index in [4.69, 9.17) is 14.4 Å². The van der Waals surface area contributed by atoms with Gasteiger partial charge in [0.1, 0.15) is 0 Å². The van der Waals surface area contributed by atoms with Crippen LogP contribution >= 0.6 is 36.5 Å². The molecule has 0 unspecified atom stereocenters. The van der Waals surface area contributed by atoms with Crippen LogP contribution in [0.3, 0.4) is 0 Å². The maximum Gasteiger partial charge on any atom is 0.314 e. The maximum absolute atomic E-state index is 8.74. The predicted molar refractivity (Wildman–Crippen MR) is 191 cm³/mol. The highest BCUT2D eigenvalue weighted by Crippen LogP contribution is 2.33. The van der Waals surface area contributed by atoms with Crippen LogP contribution in [0.5, 0.6) is 0 Å². The molecule has 0 atom stereocenters. The number of benzene rings is 6. The van der Waals surface area contributed by atoms with Crippen molar-refractivity contribution in [3.63, 3.8) is 0 Å². The summed E-state index contributed by atoms with van der Waals surface area (Å²) in [5, 5.41) is 8.39. The van der Waals surface area contributed by atoms with E-state index in [1.807, 2.05) is 0 Å². The topological polar surface area (TPSA) is 57.5 Å². The maximum atomic E-state index is 8.74. The lowest BCUT2D eigenvalue weighted by Crippen LogP contribution is -2.20. The summed E-state index contributed by atoms with van der Waals surface area (Å²) in [6.45, 7) is 0. The third-order valence-electron chi connectivity index (χ3n) is 6.09. The van der Waals surface area contributed by atoms with Crippen molar-refractivity contribution < 1.29 is 14.4 Å². The van der Waals surface area contributed by atoms with E-state index < -0.39 is 24.1 Å². The Bertz CT molecular complexity index is 1280. The molecule has 43 heavy (non-hydrogen) atoms. The normalized spacial score (nSPS) is 10.2. The molecule has 6 rings (SSSR count). The van der Waals surface area contributed by atoms with Crippen LogP contribution in [0.4, 0.5) is 0 Å². The minimum absolute atomic E-state index is 0. The summed E-state index contributed by atoms with van der Waals surface area (Å²) >= 11 is 0. The number of halogens is 1. The highest BCUT2D eigenvalue weighted by molar-refractivity contribution is 7.80. The van der Waals surface area contributed by atoms with Gasteiger partial charge in [-0.15, -0.1) is 12.4 Å². The SMILES string of the molecule is Cl.O=[PH](O)O.c1ccc(P(c2ccccc2)c2ccccc2)cc1.c1ccc(P(c2ccccc2)c2ccccc2)cc1. The third-order valence-corrected chi connectivity index (χ3v) is 11.0. The molecule has 7 heteroatoms. The van der Waals surface area contributed by atoms with E-state index in [0.29, 0.717) is 0 Å². The molecule has 0 aliphatic rings. The molecule has 3 nitrogen and oxygen atoms in total. The molecule has 0 amide bonds. The number of hydrogen-bond acceptors (Lipinski definition) is 1. The number of hydrogen-bond donors (Lipinski definition) is 2. The van der Waals surface area contributed by atoms with Crippen LogP contribution in [0.1, 0.15) is 0 Å². The quantitative estimate of drug-likeness (QED) is 0.200. The molecule has 6 aromatic rings. The van der Waals surface area contributed by atoms with E-state index >= 15 is 0 Å². The Morgan fingerprint density at radius 2 is 0.442 bits per heavy atom. The van der Waals surface area contributed by atoms with E-state index in [1.165, 1.54) is 31.8 Å². The molecule has 0 saturated heterocycles. The third kappa shape index (κ3) is 11.0. The van der Waals surface area contributed by atoms with Gasteiger partial charge in [0.25, 0.3) is 0 Å². The fourth-order valence-corrected chi connectivity index (χ4v) is 8.97. The van der Waals surface area contributed by atoms with Gasteiger partial charge in [0, 0.05) is 0 Å². The van der Waals surface area contributed by atoms with Crippen LogP contribution in [0.2, 0.25) is 0 Å². The summed E-state index contributed by atoms with van der Waals surface area (Å²) in [4.78, 5) is 14.3. The minimum atomic E-state index is -3.13. The Kier molecular flexibility index (Phi) is 15.1. The van der Waals surface area contributed by atoms with E-state index in [0.717, 1.165) is 0 Å². The van der Waals surface area contributed by atoms with Gasteiger partial charge in [0.2, 0.25) is 0 Å². The van der Waals surface area contributed by atoms with Gasteiger partial charge in [-0.1, -0.05) is 182 Å². The first-order valence-corrected chi connectivity index (χ1v) is 17.4. The molecule has 0 spiro atoms. The molecule has 218 valence electrons. The van der Waals surface area contributed by atoms with Gasteiger partial charge in [-0.25, -0.2) is 0 Å². The molecule has 2 N–H and O–H groups in total. The largest absolute Gasteiger partial charge is 0.326 e. The van der Waals surface area contributed by atoms with E-state index in [9.17, 15) is 0 Å². The second kappa shape index (κ2) is 19.0. The van der Waals surface area contributed by atoms with Gasteiger partial charge in [0.15, 0.2) is 0 Å². The first-order valence-electron chi connectivity index (χ1n) is 13.5. The molecule has 0 aliphatic heterocycles. The molecule has 0 heterocycles. The molecule has 0 saturated carbocycles. The van der Waals surface area contributed by atoms with Crippen molar-refractivity contribution in [2.75, 3.05) is 0 Å². The minimum Gasteiger partial charge on any atom is -0.326 e. The lowest BCUT2D eigenvalue weighted by atomic mass is 10.4. The van der Waals surface area contributed by atoms with Crippen LogP contribution < -0.4 is 31.8 Å². The lowest BCUT2D eigenvalue weighted by molar-refractivity contribution is 0.405. The van der Waals surface area contributed by atoms with Crippen molar-refractivity contribution in [3.05, 3.63) is 182 Å². The summed E-state index contributed by atoms with van der Waals surface area (Å²) in [6, 6.07) is 64.7. The van der Waals surface area contributed by atoms with Gasteiger partial charge in [-0.3, -0.25) is 4.57 Å². The van der Waals surface area contributed by atoms with Crippen molar-refractivity contribution in [1.82, 2.24) is 0 Å². The first-order chi connectivity index (χ1) is 20.6. The van der Waals surface area contributed by atoms with Crippen molar-refractivity contribution in [1.29, 1.82) is 0 Å². The van der Waals surface area contributed by atoms with Crippen molar-refractivity contribution >= 4 is 68.3 Å². The zero-order chi connectivity index (χ0) is 29.4. The van der Waals surface area contributed by atoms with Crippen molar-refractivity contribution in [3.8, 4) is 0 Å². The summed E-state index contributed by atoms with van der Waals surface area (Å²) in [6.07, 6.45) is 0. The molecule has 0 aliphatic carbocycles. The standard InChI is InChI=1S/2C18H15P.ClH.H3O3P/c2*1-4-10-16(11-5-1)19(17-12-6-2-7-13-17)18-14-8-3-9-15-18;;1-4(2)3/h2*1-15H;1H;4H,(H2,1,2,3). The molecule has 0 bridgehead atoms. The zero-order valence-electron chi connectivity index (χ0n) is 23.4. The fraction of sp³-hybridized carbons (Fsp3) is 0. The van der Waals surface area contributed by atoms with Crippen LogP contribution in [0.25, 0.3) is 0 Å². The average molecular weight is 643 g/mol. The predicted octanol–water partition coefficient (Wildman–Crippen LogP) is 6.67. The second-order valence-corrected chi connectivity index (χ2v) is 14.0. The monoisotopic (exact) mass is 642 g/mol. The van der Waals surface area contributed by atoms with Gasteiger partial charge >= 0.3 is 8.25 Å². The summed E-state index contributed by atoms with van der Waals surface area (Å²) in [7, 11) is -4.02. The highest BCUT2D eigenvalue weighted by atomic mass is 35.5. The molecular weight excluding hydrogens is 609 g/mol. The average Bonchev–Trinajstić information content (AvgIpc) is 3.05. The Labute approximate surface area is 263 Å². The zero-order valence-corrected chi connectivity index (χ0v) is 27.0. The van der Waals surface area contributed by atoms with Gasteiger partial charge in [-0.2, -0.15) is 0 Å². The molecule has 0 aromatic heterocycles. The molecular formula is C36H34ClO3P3. The highest BCUT2D eigenvalue weighted by Gasteiger charge is 2.16. The van der Waals surface area contributed by atoms with E-state index in [1.54, 1.807) is 0 Å². The Morgan fingerprint density at radius 3 is 0.558 bits per heavy atom. The Hall–Kier alpha value is -3.38. The summed E-state index contributed by atoms with van der Waals surface area (Å²) in [5.41, 5.74) is 0. The molecule has 0 fully saturated rings. The second-order valence-electron chi connectivity index (χ2n) is 8.97. The Morgan fingerprint density at radius 1 is 0.326 bits per heavy atom. The summed E-state index contributed by atoms with van der Waals surface area (Å²) < 4.78 is 8.74. The molecule has 0 radical (unpaired) electrons. The fourth-order valence-electron chi connectivity index (χ4n) is 4.36. The van der Waals surface area contributed by atoms with Crippen molar-refractivity contribution in [2.24, 2.45) is 0 Å². The van der Waals surface area contributed by atoms with E-state index in [-0.39, 0.29) is 12.4 Å². The van der Waals surface area contributed by atoms with Crippen LogP contribution in [0, 0.1) is 0 Å². The van der Waals surface area contributed by atoms with Crippen LogP contribution in [0.15, 0.2) is 182 Å². The Balaban J connectivity index is 0.000000206. The smallest absolute Gasteiger partial charge is 0.314 e.